The lowest BCUT2D eigenvalue weighted by molar-refractivity contribution is -0.384. The first-order valence-corrected chi connectivity index (χ1v) is 13.3. The van der Waals surface area contributed by atoms with Crippen LogP contribution >= 0.6 is 11.8 Å². The topological polar surface area (TPSA) is 49.6 Å². The van der Waals surface area contributed by atoms with Crippen molar-refractivity contribution in [1.82, 2.24) is 9.80 Å². The molecule has 0 atom stereocenters. The number of nitrogens with zero attached hydrogens (tertiary/aromatic N) is 3. The first-order valence-electron chi connectivity index (χ1n) is 12.3. The first kappa shape index (κ1) is 26.3. The van der Waals surface area contributed by atoms with Crippen molar-refractivity contribution in [2.45, 2.75) is 23.7 Å². The quantitative estimate of drug-likeness (QED) is 0.174. The molecule has 1 fully saturated rings. The molecule has 0 radical (unpaired) electrons. The average Bonchev–Trinajstić information content (AvgIpc) is 2.89. The Morgan fingerprint density at radius 1 is 0.778 bits per heavy atom. The van der Waals surface area contributed by atoms with E-state index in [-0.39, 0.29) is 28.2 Å². The number of nitro groups is 1. The molecule has 1 aliphatic heterocycles. The summed E-state index contributed by atoms with van der Waals surface area (Å²) in [5, 5.41) is 10.8. The summed E-state index contributed by atoms with van der Waals surface area (Å²) in [6.45, 7) is 6.11. The molecular formula is C28H31F2N3O2S. The standard InChI is InChI=1S/C28H31F2N3O2S/c29-24-7-3-22(4-8-24)28(23-5-9-25(30)10-6-23)2-1-15-31-16-18-32(19-17-31)20-21-36-27-13-11-26(12-14-27)33(34)35/h3-14,28H,1-2,15-21H2. The van der Waals surface area contributed by atoms with Crippen LogP contribution in [0.4, 0.5) is 14.5 Å². The number of piperazine rings is 1. The van der Waals surface area contributed by atoms with Crippen LogP contribution in [0.3, 0.4) is 0 Å². The first-order chi connectivity index (χ1) is 17.5. The number of hydrogen-bond donors (Lipinski definition) is 0. The molecule has 8 heteroatoms. The highest BCUT2D eigenvalue weighted by atomic mass is 32.2. The summed E-state index contributed by atoms with van der Waals surface area (Å²) >= 11 is 1.73. The van der Waals surface area contributed by atoms with Crippen molar-refractivity contribution >= 4 is 17.4 Å². The van der Waals surface area contributed by atoms with E-state index in [2.05, 4.69) is 9.80 Å². The maximum Gasteiger partial charge on any atom is 0.269 e. The fourth-order valence-corrected chi connectivity index (χ4v) is 5.54. The van der Waals surface area contributed by atoms with Crippen LogP contribution in [0.15, 0.2) is 77.7 Å². The minimum absolute atomic E-state index is 0.115. The molecule has 0 amide bonds. The highest BCUT2D eigenvalue weighted by Gasteiger charge is 2.19. The van der Waals surface area contributed by atoms with Gasteiger partial charge in [-0.25, -0.2) is 8.78 Å². The fourth-order valence-electron chi connectivity index (χ4n) is 4.63. The van der Waals surface area contributed by atoms with Crippen molar-refractivity contribution in [3.8, 4) is 0 Å². The molecule has 3 aromatic rings. The van der Waals surface area contributed by atoms with Crippen LogP contribution in [0.25, 0.3) is 0 Å². The van der Waals surface area contributed by atoms with Gasteiger partial charge in [-0.3, -0.25) is 15.0 Å². The van der Waals surface area contributed by atoms with E-state index in [9.17, 15) is 18.9 Å². The lowest BCUT2D eigenvalue weighted by Gasteiger charge is -2.35. The van der Waals surface area contributed by atoms with E-state index in [0.29, 0.717) is 0 Å². The largest absolute Gasteiger partial charge is 0.301 e. The molecule has 190 valence electrons. The van der Waals surface area contributed by atoms with Crippen molar-refractivity contribution < 1.29 is 13.7 Å². The Labute approximate surface area is 215 Å². The lowest BCUT2D eigenvalue weighted by Crippen LogP contribution is -2.47. The van der Waals surface area contributed by atoms with E-state index >= 15 is 0 Å². The summed E-state index contributed by atoms with van der Waals surface area (Å²) in [6.07, 6.45) is 1.93. The van der Waals surface area contributed by atoms with Crippen molar-refractivity contribution in [3.63, 3.8) is 0 Å². The molecule has 36 heavy (non-hydrogen) atoms. The van der Waals surface area contributed by atoms with Gasteiger partial charge in [-0.05, 0) is 66.9 Å². The van der Waals surface area contributed by atoms with E-state index in [1.165, 1.54) is 24.3 Å². The van der Waals surface area contributed by atoms with Gasteiger partial charge in [0.2, 0.25) is 0 Å². The van der Waals surface area contributed by atoms with Crippen LogP contribution in [-0.2, 0) is 0 Å². The van der Waals surface area contributed by atoms with Gasteiger partial charge in [0.25, 0.3) is 5.69 Å². The van der Waals surface area contributed by atoms with Crippen molar-refractivity contribution in [2.24, 2.45) is 0 Å². The summed E-state index contributed by atoms with van der Waals surface area (Å²) in [5.41, 5.74) is 2.23. The second-order valence-electron chi connectivity index (χ2n) is 9.08. The molecular weight excluding hydrogens is 480 g/mol. The number of non-ortho nitro benzene ring substituents is 1. The molecule has 1 heterocycles. The molecule has 0 saturated carbocycles. The number of nitro benzene ring substituents is 1. The lowest BCUT2D eigenvalue weighted by atomic mass is 9.87. The smallest absolute Gasteiger partial charge is 0.269 e. The van der Waals surface area contributed by atoms with Crippen LogP contribution in [0.5, 0.6) is 0 Å². The fraction of sp³-hybridized carbons (Fsp3) is 0.357. The zero-order chi connectivity index (χ0) is 25.3. The highest BCUT2D eigenvalue weighted by molar-refractivity contribution is 7.99. The molecule has 3 aromatic carbocycles. The third-order valence-electron chi connectivity index (χ3n) is 6.70. The van der Waals surface area contributed by atoms with Crippen LogP contribution in [0.2, 0.25) is 0 Å². The molecule has 1 aliphatic rings. The Hall–Kier alpha value is -2.81. The Morgan fingerprint density at radius 3 is 1.78 bits per heavy atom. The molecule has 0 bridgehead atoms. The Balaban J connectivity index is 1.20. The molecule has 0 spiro atoms. The number of halogens is 2. The van der Waals surface area contributed by atoms with E-state index in [1.807, 2.05) is 36.4 Å². The molecule has 5 nitrogen and oxygen atoms in total. The van der Waals surface area contributed by atoms with Crippen LogP contribution < -0.4 is 0 Å². The van der Waals surface area contributed by atoms with E-state index in [1.54, 1.807) is 23.9 Å². The van der Waals surface area contributed by atoms with Crippen LogP contribution in [0.1, 0.15) is 29.9 Å². The monoisotopic (exact) mass is 511 g/mol. The maximum absolute atomic E-state index is 13.5. The highest BCUT2D eigenvalue weighted by Crippen LogP contribution is 2.30. The van der Waals surface area contributed by atoms with Gasteiger partial charge in [-0.1, -0.05) is 24.3 Å². The van der Waals surface area contributed by atoms with Gasteiger partial charge in [0.1, 0.15) is 11.6 Å². The van der Waals surface area contributed by atoms with Gasteiger partial charge in [-0.2, -0.15) is 0 Å². The van der Waals surface area contributed by atoms with Crippen molar-refractivity contribution in [3.05, 3.63) is 106 Å². The number of rotatable bonds is 11. The van der Waals surface area contributed by atoms with Crippen LogP contribution in [0, 0.1) is 21.7 Å². The summed E-state index contributed by atoms with van der Waals surface area (Å²) < 4.78 is 26.9. The number of hydrogen-bond acceptors (Lipinski definition) is 5. The van der Waals surface area contributed by atoms with Gasteiger partial charge in [0.05, 0.1) is 4.92 Å². The Morgan fingerprint density at radius 2 is 1.28 bits per heavy atom. The minimum atomic E-state index is -0.375. The van der Waals surface area contributed by atoms with Gasteiger partial charge in [0, 0.05) is 61.4 Å². The maximum atomic E-state index is 13.5. The van der Waals surface area contributed by atoms with E-state index in [0.717, 1.165) is 73.9 Å². The normalized spacial score (nSPS) is 14.9. The zero-order valence-electron chi connectivity index (χ0n) is 20.2. The summed E-state index contributed by atoms with van der Waals surface area (Å²) in [5.74, 6) is 0.569. The molecule has 0 unspecified atom stereocenters. The molecule has 0 aliphatic carbocycles. The van der Waals surface area contributed by atoms with Crippen molar-refractivity contribution in [1.29, 1.82) is 0 Å². The van der Waals surface area contributed by atoms with Gasteiger partial charge in [0.15, 0.2) is 0 Å². The predicted molar refractivity (Wildman–Crippen MR) is 141 cm³/mol. The third-order valence-corrected chi connectivity index (χ3v) is 7.69. The third kappa shape index (κ3) is 7.59. The molecule has 1 saturated heterocycles. The number of benzene rings is 3. The Bertz CT molecular complexity index is 1060. The summed E-state index contributed by atoms with van der Waals surface area (Å²) in [4.78, 5) is 16.4. The summed E-state index contributed by atoms with van der Waals surface area (Å²) in [6, 6.07) is 20.0. The second kappa shape index (κ2) is 12.9. The Kier molecular flexibility index (Phi) is 9.44. The van der Waals surface area contributed by atoms with Gasteiger partial charge < -0.3 is 4.90 Å². The summed E-state index contributed by atoms with van der Waals surface area (Å²) in [7, 11) is 0. The van der Waals surface area contributed by atoms with Gasteiger partial charge >= 0.3 is 0 Å². The second-order valence-corrected chi connectivity index (χ2v) is 10.2. The molecule has 4 rings (SSSR count). The zero-order valence-corrected chi connectivity index (χ0v) is 21.0. The van der Waals surface area contributed by atoms with Gasteiger partial charge in [-0.15, -0.1) is 11.8 Å². The molecule has 0 N–H and O–H groups in total. The average molecular weight is 512 g/mol. The van der Waals surface area contributed by atoms with E-state index in [4.69, 9.17) is 0 Å². The van der Waals surface area contributed by atoms with Crippen LogP contribution in [-0.4, -0.2) is 59.7 Å². The minimum Gasteiger partial charge on any atom is -0.301 e. The van der Waals surface area contributed by atoms with Crippen molar-refractivity contribution in [2.75, 3.05) is 45.0 Å². The number of thioether (sulfide) groups is 1. The SMILES string of the molecule is O=[N+]([O-])c1ccc(SCCN2CCN(CCCC(c3ccc(F)cc3)c3ccc(F)cc3)CC2)cc1. The van der Waals surface area contributed by atoms with E-state index < -0.39 is 0 Å². The predicted octanol–water partition coefficient (Wildman–Crippen LogP) is 6.20. The molecule has 0 aromatic heterocycles.